The number of halogens is 2. The molecular formula is C27H23F2N3O7Se. The summed E-state index contributed by atoms with van der Waals surface area (Å²) in [6.45, 7) is -0.0255. The second-order valence-corrected chi connectivity index (χ2v) is 11.3. The van der Waals surface area contributed by atoms with Gasteiger partial charge < -0.3 is 0 Å². The van der Waals surface area contributed by atoms with Crippen molar-refractivity contribution in [3.8, 4) is 5.75 Å². The number of aromatic nitrogens is 1. The van der Waals surface area contributed by atoms with Gasteiger partial charge in [-0.25, -0.2) is 0 Å². The summed E-state index contributed by atoms with van der Waals surface area (Å²) in [6.07, 6.45) is -0.206. The normalized spacial score (nSPS) is 19.5. The van der Waals surface area contributed by atoms with Crippen LogP contribution in [0.3, 0.4) is 0 Å². The van der Waals surface area contributed by atoms with Crippen molar-refractivity contribution in [2.75, 3.05) is 38.7 Å². The molecule has 1 aromatic heterocycles. The first-order valence-corrected chi connectivity index (χ1v) is 14.4. The molecule has 0 bridgehead atoms. The summed E-state index contributed by atoms with van der Waals surface area (Å²) < 4.78 is 52.8. The molecule has 0 N–H and O–H groups in total. The molecule has 1 amide bonds. The number of methoxy groups -OCH3 is 1. The molecule has 3 aliphatic heterocycles. The van der Waals surface area contributed by atoms with Crippen molar-refractivity contribution in [2.24, 2.45) is 0 Å². The van der Waals surface area contributed by atoms with Crippen molar-refractivity contribution < 1.29 is 37.3 Å². The van der Waals surface area contributed by atoms with Gasteiger partial charge in [0.2, 0.25) is 0 Å². The fraction of sp³-hybridized carbons (Fsp3) is 0.296. The number of benzene rings is 2. The second kappa shape index (κ2) is 10.6. The first-order chi connectivity index (χ1) is 19.4. The second-order valence-electron chi connectivity index (χ2n) is 9.16. The molecule has 0 spiro atoms. The number of fused-ring (bicyclic) bond motifs is 4. The molecule has 6 rings (SSSR count). The summed E-state index contributed by atoms with van der Waals surface area (Å²) >= 11 is -0.199. The summed E-state index contributed by atoms with van der Waals surface area (Å²) in [6, 6.07) is 10.9. The Kier molecular flexibility index (Phi) is 6.95. The van der Waals surface area contributed by atoms with Gasteiger partial charge in [-0.15, -0.1) is 0 Å². The molecule has 2 atom stereocenters. The number of hydrogen-bond acceptors (Lipinski definition) is 8. The number of carbonyl (C=O) groups excluding carboxylic acids is 2. The van der Waals surface area contributed by atoms with Crippen molar-refractivity contribution in [3.63, 3.8) is 0 Å². The maximum atomic E-state index is 15.3. The third-order valence-corrected chi connectivity index (χ3v) is 9.42. The Balaban J connectivity index is 1.58. The van der Waals surface area contributed by atoms with Gasteiger partial charge in [0, 0.05) is 0 Å². The number of pyridine rings is 1. The molecule has 208 valence electrons. The van der Waals surface area contributed by atoms with Crippen LogP contribution < -0.4 is 19.6 Å². The number of carbonyl (C=O) groups is 2. The van der Waals surface area contributed by atoms with E-state index in [1.165, 1.54) is 16.9 Å². The van der Waals surface area contributed by atoms with Crippen LogP contribution in [0.1, 0.15) is 33.2 Å². The van der Waals surface area contributed by atoms with E-state index < -0.39 is 48.1 Å². The molecule has 0 unspecified atom stereocenters. The van der Waals surface area contributed by atoms with E-state index in [9.17, 15) is 18.8 Å². The third kappa shape index (κ3) is 4.30. The zero-order chi connectivity index (χ0) is 28.0. The Morgan fingerprint density at radius 3 is 2.77 bits per heavy atom. The van der Waals surface area contributed by atoms with Gasteiger partial charge in [-0.05, 0) is 0 Å². The average Bonchev–Trinajstić information content (AvgIpc) is 3.13. The molecule has 2 aromatic carbocycles. The van der Waals surface area contributed by atoms with Crippen LogP contribution in [0, 0.1) is 11.6 Å². The number of nitrogens with zero attached hydrogens (tertiary/aromatic N) is 3. The SMILES string of the molecule is COC(=O)OCOc1c2n(ccc1=O)N([C@@H]1c3ccccc3[Se]Cc3c1ccc(F)c3F)[C@@H]1COCCN1C2=O. The average molecular weight is 618 g/mol. The zero-order valence-electron chi connectivity index (χ0n) is 21.2. The fourth-order valence-corrected chi connectivity index (χ4v) is 7.64. The zero-order valence-corrected chi connectivity index (χ0v) is 22.9. The summed E-state index contributed by atoms with van der Waals surface area (Å²) in [5, 5.41) is 2.19. The van der Waals surface area contributed by atoms with Crippen molar-refractivity contribution in [1.29, 1.82) is 0 Å². The fourth-order valence-electron chi connectivity index (χ4n) is 5.31. The van der Waals surface area contributed by atoms with E-state index in [1.807, 2.05) is 29.3 Å². The van der Waals surface area contributed by atoms with Crippen LogP contribution in [0.15, 0.2) is 53.5 Å². The number of ether oxygens (including phenoxy) is 4. The molecule has 4 heterocycles. The van der Waals surface area contributed by atoms with Gasteiger partial charge in [0.15, 0.2) is 0 Å². The van der Waals surface area contributed by atoms with Crippen molar-refractivity contribution >= 4 is 31.5 Å². The van der Waals surface area contributed by atoms with Crippen LogP contribution in [0.2, 0.25) is 0 Å². The van der Waals surface area contributed by atoms with Gasteiger partial charge in [-0.2, -0.15) is 0 Å². The Labute approximate surface area is 233 Å². The molecule has 1 saturated heterocycles. The number of amides is 1. The van der Waals surface area contributed by atoms with E-state index in [1.54, 1.807) is 11.0 Å². The summed E-state index contributed by atoms with van der Waals surface area (Å²) in [5.74, 6) is -2.62. The molecule has 0 aliphatic carbocycles. The van der Waals surface area contributed by atoms with E-state index in [-0.39, 0.29) is 51.7 Å². The maximum absolute atomic E-state index is 15.3. The number of morpholine rings is 1. The summed E-state index contributed by atoms with van der Waals surface area (Å²) in [5.41, 5.74) is 1.00. The van der Waals surface area contributed by atoms with E-state index in [0.29, 0.717) is 10.9 Å². The molecule has 1 fully saturated rings. The first-order valence-electron chi connectivity index (χ1n) is 12.4. The third-order valence-electron chi connectivity index (χ3n) is 7.08. The molecule has 40 heavy (non-hydrogen) atoms. The molecular weight excluding hydrogens is 595 g/mol. The quantitative estimate of drug-likeness (QED) is 0.247. The van der Waals surface area contributed by atoms with Gasteiger partial charge in [-0.1, -0.05) is 0 Å². The standard InChI is InChI=1S/C27H23F2N3O7Se/c1-36-27(35)39-14-38-25-19(33)8-9-31-24(25)26(34)30-10-11-37-12-21(30)32(31)23-15-6-7-18(28)22(29)17(15)13-40-20-5-3-2-4-16(20)23/h2-9,21,23H,10-14H2,1H3/t21-,23+/m1/s1. The van der Waals surface area contributed by atoms with E-state index in [2.05, 4.69) is 4.74 Å². The predicted molar refractivity (Wildman–Crippen MR) is 137 cm³/mol. The molecule has 0 radical (unpaired) electrons. The van der Waals surface area contributed by atoms with Crippen molar-refractivity contribution in [2.45, 2.75) is 17.5 Å². The minimum absolute atomic E-state index is 0.0875. The molecule has 10 nitrogen and oxygen atoms in total. The van der Waals surface area contributed by atoms with Crippen molar-refractivity contribution in [3.05, 3.63) is 92.9 Å². The molecule has 13 heteroatoms. The van der Waals surface area contributed by atoms with E-state index in [0.717, 1.165) is 23.2 Å². The van der Waals surface area contributed by atoms with E-state index in [4.69, 9.17) is 14.2 Å². The van der Waals surface area contributed by atoms with Gasteiger partial charge in [0.1, 0.15) is 0 Å². The van der Waals surface area contributed by atoms with Gasteiger partial charge in [-0.3, -0.25) is 0 Å². The van der Waals surface area contributed by atoms with Gasteiger partial charge in [0.05, 0.1) is 7.11 Å². The van der Waals surface area contributed by atoms with Crippen LogP contribution >= 0.6 is 0 Å². The number of hydrogen-bond donors (Lipinski definition) is 0. The summed E-state index contributed by atoms with van der Waals surface area (Å²) in [4.78, 5) is 39.8. The van der Waals surface area contributed by atoms with Gasteiger partial charge in [0.25, 0.3) is 0 Å². The van der Waals surface area contributed by atoms with Crippen LogP contribution in [-0.2, 0) is 19.5 Å². The van der Waals surface area contributed by atoms with Gasteiger partial charge >= 0.3 is 226 Å². The Hall–Kier alpha value is -3.93. The Morgan fingerprint density at radius 2 is 1.95 bits per heavy atom. The van der Waals surface area contributed by atoms with Crippen LogP contribution in [0.4, 0.5) is 13.6 Å². The predicted octanol–water partition coefficient (Wildman–Crippen LogP) is 1.63. The van der Waals surface area contributed by atoms with Crippen molar-refractivity contribution in [1.82, 2.24) is 9.58 Å². The molecule has 3 aromatic rings. The van der Waals surface area contributed by atoms with Crippen LogP contribution in [-0.4, -0.2) is 76.4 Å². The Bertz CT molecular complexity index is 1570. The number of rotatable bonds is 4. The monoisotopic (exact) mass is 619 g/mol. The first kappa shape index (κ1) is 26.3. The minimum atomic E-state index is -1.02. The summed E-state index contributed by atoms with van der Waals surface area (Å²) in [7, 11) is 1.12. The van der Waals surface area contributed by atoms with Crippen LogP contribution in [0.5, 0.6) is 5.75 Å². The topological polar surface area (TPSA) is 99.5 Å². The van der Waals surface area contributed by atoms with E-state index >= 15 is 4.39 Å². The Morgan fingerprint density at radius 1 is 1.12 bits per heavy atom. The molecule has 3 aliphatic rings. The van der Waals surface area contributed by atoms with Crippen LogP contribution in [0.25, 0.3) is 0 Å². The molecule has 0 saturated carbocycles.